The summed E-state index contributed by atoms with van der Waals surface area (Å²) >= 11 is 0. The van der Waals surface area contributed by atoms with Gasteiger partial charge >= 0.3 is 0 Å². The largest absolute Gasteiger partial charge is 0.369 e. The third-order valence-corrected chi connectivity index (χ3v) is 7.40. The van der Waals surface area contributed by atoms with E-state index in [1.165, 1.54) is 4.31 Å². The first-order valence-electron chi connectivity index (χ1n) is 9.74. The van der Waals surface area contributed by atoms with Gasteiger partial charge in [-0.15, -0.1) is 0 Å². The fourth-order valence-corrected chi connectivity index (χ4v) is 5.50. The van der Waals surface area contributed by atoms with Crippen LogP contribution < -0.4 is 10.2 Å². The quantitative estimate of drug-likeness (QED) is 0.793. The number of carbonyl (C=O) groups excluding carboxylic acids is 1. The van der Waals surface area contributed by atoms with Crippen molar-refractivity contribution in [3.63, 3.8) is 0 Å². The number of hydrogen-bond acceptors (Lipinski definition) is 5. The average molecular weight is 395 g/mol. The Bertz CT molecular complexity index is 743. The Morgan fingerprint density at radius 1 is 1.11 bits per heavy atom. The molecule has 0 aromatic heterocycles. The zero-order chi connectivity index (χ0) is 19.4. The van der Waals surface area contributed by atoms with Crippen molar-refractivity contribution in [2.24, 2.45) is 0 Å². The van der Waals surface area contributed by atoms with E-state index in [2.05, 4.69) is 22.2 Å². The van der Waals surface area contributed by atoms with Crippen LogP contribution in [0.15, 0.2) is 24.3 Å². The zero-order valence-electron chi connectivity index (χ0n) is 16.2. The van der Waals surface area contributed by atoms with Gasteiger partial charge in [0.1, 0.15) is 6.04 Å². The highest BCUT2D eigenvalue weighted by atomic mass is 32.2. The minimum atomic E-state index is -3.36. The molecule has 0 spiro atoms. The number of anilines is 2. The van der Waals surface area contributed by atoms with Crippen LogP contribution in [-0.4, -0.2) is 75.1 Å². The Balaban J connectivity index is 1.62. The molecule has 1 aromatic rings. The minimum absolute atomic E-state index is 0.0938. The van der Waals surface area contributed by atoms with Crippen LogP contribution in [0.3, 0.4) is 0 Å². The Morgan fingerprint density at radius 2 is 1.78 bits per heavy atom. The highest BCUT2D eigenvalue weighted by Gasteiger charge is 2.38. The lowest BCUT2D eigenvalue weighted by molar-refractivity contribution is -0.119. The summed E-state index contributed by atoms with van der Waals surface area (Å²) in [5.41, 5.74) is 1.85. The summed E-state index contributed by atoms with van der Waals surface area (Å²) < 4.78 is 26.1. The summed E-state index contributed by atoms with van der Waals surface area (Å²) in [6.45, 7) is 6.35. The number of benzene rings is 1. The van der Waals surface area contributed by atoms with Gasteiger partial charge in [-0.2, -0.15) is 4.31 Å². The number of hydrogen-bond donors (Lipinski definition) is 1. The third kappa shape index (κ3) is 4.80. The normalized spacial score (nSPS) is 22.1. The summed E-state index contributed by atoms with van der Waals surface area (Å²) in [6, 6.07) is 7.22. The smallest absolute Gasteiger partial charge is 0.242 e. The van der Waals surface area contributed by atoms with Crippen LogP contribution in [0.2, 0.25) is 0 Å². The Kier molecular flexibility index (Phi) is 6.39. The van der Waals surface area contributed by atoms with Gasteiger partial charge in [-0.1, -0.05) is 6.92 Å². The summed E-state index contributed by atoms with van der Waals surface area (Å²) in [6.07, 6.45) is 1.86. The standard InChI is InChI=1S/C19H30N4O3S/c1-3-15-27(25,26)23-10-4-5-18(23)19(24)20-16-6-8-17(9-7-16)22-13-11-21(2)12-14-22/h6-9,18H,3-5,10-15H2,1-2H3,(H,20,24). The van der Waals surface area contributed by atoms with Crippen LogP contribution >= 0.6 is 0 Å². The van der Waals surface area contributed by atoms with E-state index in [1.54, 1.807) is 0 Å². The average Bonchev–Trinajstić information content (AvgIpc) is 3.14. The van der Waals surface area contributed by atoms with E-state index < -0.39 is 16.1 Å². The molecule has 8 heteroatoms. The van der Waals surface area contributed by atoms with Gasteiger partial charge in [-0.05, 0) is 50.6 Å². The zero-order valence-corrected chi connectivity index (χ0v) is 17.0. The monoisotopic (exact) mass is 394 g/mol. The molecular formula is C19H30N4O3S. The molecule has 27 heavy (non-hydrogen) atoms. The molecular weight excluding hydrogens is 364 g/mol. The second-order valence-corrected chi connectivity index (χ2v) is 9.45. The highest BCUT2D eigenvalue weighted by Crippen LogP contribution is 2.24. The lowest BCUT2D eigenvalue weighted by atomic mass is 10.2. The summed E-state index contributed by atoms with van der Waals surface area (Å²) in [5.74, 6) is -0.143. The topological polar surface area (TPSA) is 73.0 Å². The fraction of sp³-hybridized carbons (Fsp3) is 0.632. The van der Waals surface area contributed by atoms with Gasteiger partial charge in [-0.3, -0.25) is 4.79 Å². The summed E-state index contributed by atoms with van der Waals surface area (Å²) in [5, 5.41) is 2.89. The van der Waals surface area contributed by atoms with Crippen molar-refractivity contribution < 1.29 is 13.2 Å². The second kappa shape index (κ2) is 8.58. The first kappa shape index (κ1) is 20.1. The number of likely N-dealkylation sites (N-methyl/N-ethyl adjacent to an activating group) is 1. The van der Waals surface area contributed by atoms with Crippen molar-refractivity contribution in [1.82, 2.24) is 9.21 Å². The minimum Gasteiger partial charge on any atom is -0.369 e. The molecule has 0 bridgehead atoms. The van der Waals surface area contributed by atoms with Crippen molar-refractivity contribution in [3.05, 3.63) is 24.3 Å². The van der Waals surface area contributed by atoms with Crippen molar-refractivity contribution in [3.8, 4) is 0 Å². The molecule has 2 heterocycles. The van der Waals surface area contributed by atoms with E-state index in [0.29, 0.717) is 25.1 Å². The molecule has 7 nitrogen and oxygen atoms in total. The Labute approximate surface area is 162 Å². The van der Waals surface area contributed by atoms with Gasteiger partial charge in [0.05, 0.1) is 5.75 Å². The maximum atomic E-state index is 12.7. The third-order valence-electron chi connectivity index (χ3n) is 5.33. The first-order chi connectivity index (χ1) is 12.9. The van der Waals surface area contributed by atoms with Gasteiger partial charge in [0, 0.05) is 44.1 Å². The van der Waals surface area contributed by atoms with E-state index in [1.807, 2.05) is 31.2 Å². The number of carbonyl (C=O) groups is 1. The molecule has 0 saturated carbocycles. The molecule has 1 amide bonds. The summed E-state index contributed by atoms with van der Waals surface area (Å²) in [7, 11) is -1.23. The molecule has 2 fully saturated rings. The van der Waals surface area contributed by atoms with Gasteiger partial charge in [0.15, 0.2) is 0 Å². The molecule has 1 N–H and O–H groups in total. The lowest BCUT2D eigenvalue weighted by Crippen LogP contribution is -2.44. The molecule has 0 radical (unpaired) electrons. The van der Waals surface area contributed by atoms with E-state index in [0.717, 1.165) is 38.3 Å². The molecule has 0 aliphatic carbocycles. The Morgan fingerprint density at radius 3 is 2.41 bits per heavy atom. The van der Waals surface area contributed by atoms with Crippen LogP contribution in [0.1, 0.15) is 26.2 Å². The van der Waals surface area contributed by atoms with Crippen LogP contribution in [0.25, 0.3) is 0 Å². The van der Waals surface area contributed by atoms with E-state index in [4.69, 9.17) is 0 Å². The second-order valence-electron chi connectivity index (χ2n) is 7.41. The molecule has 2 aliphatic rings. The van der Waals surface area contributed by atoms with Crippen molar-refractivity contribution in [1.29, 1.82) is 0 Å². The van der Waals surface area contributed by atoms with Crippen molar-refractivity contribution in [2.75, 3.05) is 55.7 Å². The van der Waals surface area contributed by atoms with Gasteiger partial charge in [0.2, 0.25) is 15.9 Å². The van der Waals surface area contributed by atoms with E-state index in [9.17, 15) is 13.2 Å². The fourth-order valence-electron chi connectivity index (χ4n) is 3.76. The first-order valence-corrected chi connectivity index (χ1v) is 11.4. The molecule has 1 aromatic carbocycles. The molecule has 150 valence electrons. The van der Waals surface area contributed by atoms with Crippen LogP contribution in [-0.2, 0) is 14.8 Å². The molecule has 3 rings (SSSR count). The highest BCUT2D eigenvalue weighted by molar-refractivity contribution is 7.89. The predicted octanol–water partition coefficient (Wildman–Crippen LogP) is 1.58. The van der Waals surface area contributed by atoms with Crippen LogP contribution in [0, 0.1) is 0 Å². The molecule has 1 atom stereocenters. The van der Waals surface area contributed by atoms with E-state index >= 15 is 0 Å². The number of rotatable bonds is 6. The number of sulfonamides is 1. The van der Waals surface area contributed by atoms with Crippen LogP contribution in [0.5, 0.6) is 0 Å². The number of nitrogens with one attached hydrogen (secondary N) is 1. The number of nitrogens with zero attached hydrogens (tertiary/aromatic N) is 3. The number of amides is 1. The van der Waals surface area contributed by atoms with Crippen LogP contribution in [0.4, 0.5) is 11.4 Å². The maximum absolute atomic E-state index is 12.7. The maximum Gasteiger partial charge on any atom is 0.242 e. The van der Waals surface area contributed by atoms with Crippen molar-refractivity contribution >= 4 is 27.3 Å². The van der Waals surface area contributed by atoms with E-state index in [-0.39, 0.29) is 11.7 Å². The van der Waals surface area contributed by atoms with Gasteiger partial charge in [0.25, 0.3) is 0 Å². The van der Waals surface area contributed by atoms with Gasteiger partial charge < -0.3 is 15.1 Å². The van der Waals surface area contributed by atoms with Gasteiger partial charge in [-0.25, -0.2) is 8.42 Å². The van der Waals surface area contributed by atoms with Crippen molar-refractivity contribution in [2.45, 2.75) is 32.2 Å². The molecule has 2 aliphatic heterocycles. The summed E-state index contributed by atoms with van der Waals surface area (Å²) in [4.78, 5) is 17.3. The SMILES string of the molecule is CCCS(=O)(=O)N1CCCC1C(=O)Nc1ccc(N2CCN(C)CC2)cc1. The predicted molar refractivity (Wildman–Crippen MR) is 109 cm³/mol. The molecule has 2 saturated heterocycles. The Hall–Kier alpha value is -1.64. The number of piperazine rings is 1. The molecule has 1 unspecified atom stereocenters. The lowest BCUT2D eigenvalue weighted by Gasteiger charge is -2.34.